The van der Waals surface area contributed by atoms with Gasteiger partial charge in [-0.2, -0.15) is 0 Å². The van der Waals surface area contributed by atoms with Crippen LogP contribution in [0.4, 0.5) is 0 Å². The molecule has 0 amide bonds. The summed E-state index contributed by atoms with van der Waals surface area (Å²) in [4.78, 5) is 0. The number of hydrogen-bond acceptors (Lipinski definition) is 2. The van der Waals surface area contributed by atoms with E-state index in [0.717, 1.165) is 31.6 Å². The Balaban J connectivity index is 2.00. The van der Waals surface area contributed by atoms with E-state index < -0.39 is 8.07 Å². The van der Waals surface area contributed by atoms with E-state index in [1.807, 2.05) is 13.0 Å². The number of aliphatic hydroxyl groups is 1. The third kappa shape index (κ3) is 3.65. The summed E-state index contributed by atoms with van der Waals surface area (Å²) in [7, 11) is -1.73. The Hall–Kier alpha value is -0.904. The third-order valence-corrected chi connectivity index (χ3v) is 16.5. The predicted octanol–water partition coefficient (Wildman–Crippen LogP) is 3.19. The first kappa shape index (κ1) is 18.9. The van der Waals surface area contributed by atoms with Crippen LogP contribution in [0, 0.1) is 0 Å². The molecule has 2 nitrogen and oxygen atoms in total. The Bertz CT molecular complexity index is 696. The van der Waals surface area contributed by atoms with Gasteiger partial charge in [-0.25, -0.2) is 0 Å². The van der Waals surface area contributed by atoms with Gasteiger partial charge in [-0.3, -0.25) is 0 Å². The van der Waals surface area contributed by atoms with Crippen molar-refractivity contribution in [3.05, 3.63) is 60.2 Å². The average molecular weight is 419 g/mol. The van der Waals surface area contributed by atoms with Crippen LogP contribution in [0.5, 0.6) is 0 Å². The molecule has 0 radical (unpaired) electrons. The normalized spacial score (nSPS) is 22.1. The summed E-state index contributed by atoms with van der Waals surface area (Å²) in [5.41, 5.74) is 1.12. The predicted molar refractivity (Wildman–Crippen MR) is 109 cm³/mol. The van der Waals surface area contributed by atoms with Crippen molar-refractivity contribution in [2.24, 2.45) is 0 Å². The molecule has 0 aromatic heterocycles. The minimum absolute atomic E-state index is 0.241. The van der Waals surface area contributed by atoms with Gasteiger partial charge in [0.05, 0.1) is 0 Å². The molecule has 0 saturated carbocycles. The molecule has 2 atom stereocenters. The third-order valence-electron chi connectivity index (χ3n) is 5.59. The molecule has 25 heavy (non-hydrogen) atoms. The topological polar surface area (TPSA) is 29.5 Å². The second-order valence-electron chi connectivity index (χ2n) is 7.35. The van der Waals surface area contributed by atoms with Crippen molar-refractivity contribution >= 4 is 32.7 Å². The molecule has 2 aromatic rings. The molecule has 4 heteroatoms. The van der Waals surface area contributed by atoms with Crippen LogP contribution >= 0.6 is 0 Å². The Labute approximate surface area is 158 Å². The number of ether oxygens (including phenoxy) is 1. The second-order valence-corrected chi connectivity index (χ2v) is 15.9. The molecular weight excluding hydrogens is 391 g/mol. The first-order valence-corrected chi connectivity index (χ1v) is 13.8. The molecule has 1 N–H and O–H groups in total. The summed E-state index contributed by atoms with van der Waals surface area (Å²) in [6.45, 7) is 8.77. The van der Waals surface area contributed by atoms with Gasteiger partial charge in [0.25, 0.3) is 0 Å². The van der Waals surface area contributed by atoms with Crippen molar-refractivity contribution in [3.8, 4) is 0 Å². The monoisotopic (exact) mass is 420 g/mol. The summed E-state index contributed by atoms with van der Waals surface area (Å²) in [6, 6.07) is 19.5. The van der Waals surface area contributed by atoms with Gasteiger partial charge in [-0.05, 0) is 0 Å². The maximum absolute atomic E-state index is 10.5. The van der Waals surface area contributed by atoms with Crippen molar-refractivity contribution in [3.63, 3.8) is 0 Å². The quantitative estimate of drug-likeness (QED) is 0.729. The van der Waals surface area contributed by atoms with Crippen molar-refractivity contribution in [1.82, 2.24) is 0 Å². The zero-order chi connectivity index (χ0) is 17.9. The van der Waals surface area contributed by atoms with Gasteiger partial charge < -0.3 is 0 Å². The van der Waals surface area contributed by atoms with E-state index in [2.05, 4.69) is 61.6 Å². The molecule has 1 heterocycles. The average Bonchev–Trinajstić information content (AvgIpc) is 3.12. The van der Waals surface area contributed by atoms with Gasteiger partial charge >= 0.3 is 159 Å². The summed E-state index contributed by atoms with van der Waals surface area (Å²) in [5.74, 6) is 0. The van der Waals surface area contributed by atoms with E-state index in [0.29, 0.717) is 0 Å². The van der Waals surface area contributed by atoms with Crippen LogP contribution in [0.15, 0.2) is 54.6 Å². The molecule has 134 valence electrons. The van der Waals surface area contributed by atoms with Crippen LogP contribution in [0.25, 0.3) is 0 Å². The molecule has 0 bridgehead atoms. The van der Waals surface area contributed by atoms with E-state index in [4.69, 9.17) is 4.74 Å². The van der Waals surface area contributed by atoms with Crippen LogP contribution in [0.2, 0.25) is 17.0 Å². The molecule has 0 unspecified atom stereocenters. The Morgan fingerprint density at radius 3 is 2.44 bits per heavy atom. The molecule has 1 saturated heterocycles. The molecule has 0 spiro atoms. The minimum atomic E-state index is -1.73. The fraction of sp³-hybridized carbons (Fsp3) is 0.429. The molecule has 1 aliphatic heterocycles. The Morgan fingerprint density at radius 1 is 1.12 bits per heavy atom. The number of benzene rings is 2. The Morgan fingerprint density at radius 2 is 1.80 bits per heavy atom. The number of hydrogen-bond donors (Lipinski definition) is 1. The van der Waals surface area contributed by atoms with E-state index in [1.165, 1.54) is 9.65 Å². The van der Waals surface area contributed by atoms with Crippen LogP contribution in [0.1, 0.15) is 31.4 Å². The second kappa shape index (κ2) is 7.77. The van der Waals surface area contributed by atoms with Crippen LogP contribution < -0.4 is 9.65 Å². The van der Waals surface area contributed by atoms with Crippen molar-refractivity contribution in [2.75, 3.05) is 13.2 Å². The van der Waals surface area contributed by atoms with E-state index >= 15 is 0 Å². The van der Waals surface area contributed by atoms with Crippen molar-refractivity contribution < 1.29 is 9.84 Å². The van der Waals surface area contributed by atoms with Crippen molar-refractivity contribution in [2.45, 2.75) is 42.9 Å². The SMILES string of the molecule is CC[C@H](O)c1ccccc1[Se][C@]1([Si](C)(C)c2ccccc2)CCOC1. The molecular formula is C21H28O2SeSi. The number of rotatable bonds is 6. The van der Waals surface area contributed by atoms with Crippen LogP contribution in [-0.4, -0.2) is 41.4 Å². The fourth-order valence-electron chi connectivity index (χ4n) is 3.64. The molecule has 3 rings (SSSR count). The van der Waals surface area contributed by atoms with Crippen LogP contribution in [-0.2, 0) is 4.74 Å². The van der Waals surface area contributed by atoms with Gasteiger partial charge in [0.15, 0.2) is 0 Å². The van der Waals surface area contributed by atoms with Gasteiger partial charge in [0.1, 0.15) is 0 Å². The maximum atomic E-state index is 10.5. The summed E-state index contributed by atoms with van der Waals surface area (Å²) >= 11 is 0.280. The van der Waals surface area contributed by atoms with Gasteiger partial charge in [-0.15, -0.1) is 0 Å². The first-order valence-electron chi connectivity index (χ1n) is 9.09. The van der Waals surface area contributed by atoms with Gasteiger partial charge in [0.2, 0.25) is 0 Å². The van der Waals surface area contributed by atoms with Gasteiger partial charge in [0, 0.05) is 0 Å². The zero-order valence-electron chi connectivity index (χ0n) is 15.4. The summed E-state index contributed by atoms with van der Waals surface area (Å²) in [5, 5.41) is 12.0. The summed E-state index contributed by atoms with van der Waals surface area (Å²) < 4.78 is 7.55. The molecule has 1 fully saturated rings. The van der Waals surface area contributed by atoms with Crippen molar-refractivity contribution in [1.29, 1.82) is 0 Å². The van der Waals surface area contributed by atoms with E-state index in [9.17, 15) is 5.11 Å². The molecule has 0 aliphatic carbocycles. The van der Waals surface area contributed by atoms with Crippen LogP contribution in [0.3, 0.4) is 0 Å². The Kier molecular flexibility index (Phi) is 5.87. The standard InChI is InChI=1S/C21H28O2SeSi/c1-4-19(22)18-12-8-9-13-20(18)24-21(14-15-23-16-21)25(2,3)17-10-6-5-7-11-17/h5-13,19,22H,4,14-16H2,1-3H3/t19-,21-/m0/s1. The first-order chi connectivity index (χ1) is 12.0. The van der Waals surface area contributed by atoms with E-state index in [1.54, 1.807) is 0 Å². The van der Waals surface area contributed by atoms with Gasteiger partial charge in [-0.1, -0.05) is 0 Å². The zero-order valence-corrected chi connectivity index (χ0v) is 18.1. The molecule has 1 aliphatic rings. The molecule has 2 aromatic carbocycles. The fourth-order valence-corrected chi connectivity index (χ4v) is 12.1. The number of aliphatic hydroxyl groups excluding tert-OH is 1. The van der Waals surface area contributed by atoms with E-state index in [-0.39, 0.29) is 25.0 Å². The summed E-state index contributed by atoms with van der Waals surface area (Å²) in [6.07, 6.45) is 1.53.